The lowest BCUT2D eigenvalue weighted by atomic mass is 10.2. The lowest BCUT2D eigenvalue weighted by Crippen LogP contribution is -2.42. The number of pyridine rings is 1. The number of nitrogens with zero attached hydrogens (tertiary/aromatic N) is 3. The molecule has 8 heteroatoms. The number of hydrogen-bond acceptors (Lipinski definition) is 5. The highest BCUT2D eigenvalue weighted by molar-refractivity contribution is 14.0. The summed E-state index contributed by atoms with van der Waals surface area (Å²) < 4.78 is 5.64. The zero-order valence-electron chi connectivity index (χ0n) is 17.2. The van der Waals surface area contributed by atoms with Gasteiger partial charge in [-0.25, -0.2) is 9.98 Å². The molecule has 2 N–H and O–H groups in total. The molecule has 0 spiro atoms. The van der Waals surface area contributed by atoms with E-state index in [0.29, 0.717) is 12.6 Å². The molecule has 3 atom stereocenters. The predicted octanol–water partition coefficient (Wildman–Crippen LogP) is 3.26. The van der Waals surface area contributed by atoms with Gasteiger partial charge in [0.25, 0.3) is 0 Å². The maximum Gasteiger partial charge on any atom is 0.191 e. The summed E-state index contributed by atoms with van der Waals surface area (Å²) in [5.41, 5.74) is 1.18. The maximum absolute atomic E-state index is 5.64. The third kappa shape index (κ3) is 6.95. The first-order valence-corrected chi connectivity index (χ1v) is 11.4. The summed E-state index contributed by atoms with van der Waals surface area (Å²) in [7, 11) is 0. The number of guanidine groups is 1. The molecule has 0 radical (unpaired) electrons. The van der Waals surface area contributed by atoms with Crippen LogP contribution in [0, 0.1) is 0 Å². The van der Waals surface area contributed by atoms with E-state index in [4.69, 9.17) is 9.73 Å². The van der Waals surface area contributed by atoms with Crippen molar-refractivity contribution in [3.8, 4) is 0 Å². The lowest BCUT2D eigenvalue weighted by molar-refractivity contribution is 0.0529. The van der Waals surface area contributed by atoms with Crippen LogP contribution in [0.25, 0.3) is 0 Å². The first kappa shape index (κ1) is 23.5. The quantitative estimate of drug-likeness (QED) is 0.342. The maximum atomic E-state index is 5.64. The smallest absolute Gasteiger partial charge is 0.191 e. The topological polar surface area (TPSA) is 61.8 Å². The number of thioether (sulfide) groups is 1. The van der Waals surface area contributed by atoms with Crippen LogP contribution >= 0.6 is 35.7 Å². The second-order valence-electron chi connectivity index (χ2n) is 7.36. The van der Waals surface area contributed by atoms with Crippen molar-refractivity contribution in [1.82, 2.24) is 15.6 Å². The number of nitrogens with one attached hydrogen (secondary N) is 2. The van der Waals surface area contributed by atoms with E-state index in [-0.39, 0.29) is 30.1 Å². The third-order valence-corrected chi connectivity index (χ3v) is 6.29. The lowest BCUT2D eigenvalue weighted by Gasteiger charge is -2.32. The molecule has 158 valence electrons. The minimum absolute atomic E-state index is 0. The Morgan fingerprint density at radius 2 is 2.29 bits per heavy atom. The van der Waals surface area contributed by atoms with E-state index in [1.165, 1.54) is 24.8 Å². The van der Waals surface area contributed by atoms with Gasteiger partial charge in [0.2, 0.25) is 0 Å². The third-order valence-electron chi connectivity index (χ3n) is 5.20. The fraction of sp³-hybridized carbons (Fsp3) is 0.700. The van der Waals surface area contributed by atoms with Crippen molar-refractivity contribution in [2.75, 3.05) is 37.4 Å². The number of morpholine rings is 1. The van der Waals surface area contributed by atoms with Gasteiger partial charge in [0.05, 0.1) is 19.3 Å². The summed E-state index contributed by atoms with van der Waals surface area (Å²) in [5.74, 6) is 1.94. The molecule has 1 aliphatic heterocycles. The Bertz CT molecular complexity index is 632. The fourth-order valence-corrected chi connectivity index (χ4v) is 4.52. The highest BCUT2D eigenvalue weighted by atomic mass is 127. The highest BCUT2D eigenvalue weighted by Gasteiger charge is 2.24. The minimum atomic E-state index is 0. The molecule has 0 bridgehead atoms. The summed E-state index contributed by atoms with van der Waals surface area (Å²) in [4.78, 5) is 11.7. The second kappa shape index (κ2) is 12.1. The van der Waals surface area contributed by atoms with Gasteiger partial charge in [-0.15, -0.1) is 24.0 Å². The summed E-state index contributed by atoms with van der Waals surface area (Å²) >= 11 is 1.98. The fourth-order valence-electron chi connectivity index (χ4n) is 3.73. The molecule has 0 aromatic carbocycles. The standard InChI is InChI=1S/C20H33N5OS.HI/c1-4-21-20(24-17-5-6-18(12-17)27-3)23-13-16-7-8-22-19(11-16)25-9-10-26-15(2)14-25;/h7-8,11,15,17-18H,4-6,9-10,12-14H2,1-3H3,(H2,21,23,24);1H. The number of aromatic nitrogens is 1. The van der Waals surface area contributed by atoms with E-state index in [1.54, 1.807) is 0 Å². The van der Waals surface area contributed by atoms with Crippen molar-refractivity contribution >= 4 is 47.5 Å². The van der Waals surface area contributed by atoms with Gasteiger partial charge < -0.3 is 20.3 Å². The molecule has 2 fully saturated rings. The van der Waals surface area contributed by atoms with Gasteiger partial charge in [-0.2, -0.15) is 11.8 Å². The summed E-state index contributed by atoms with van der Waals surface area (Å²) in [5, 5.41) is 7.79. The molecule has 3 unspecified atom stereocenters. The van der Waals surface area contributed by atoms with Crippen LogP contribution < -0.4 is 15.5 Å². The Labute approximate surface area is 190 Å². The molecule has 3 rings (SSSR count). The molecule has 28 heavy (non-hydrogen) atoms. The van der Waals surface area contributed by atoms with Crippen LogP contribution in [0.1, 0.15) is 38.7 Å². The molecular formula is C20H34IN5OS. The van der Waals surface area contributed by atoms with Crippen LogP contribution in [0.15, 0.2) is 23.3 Å². The van der Waals surface area contributed by atoms with Gasteiger partial charge in [-0.3, -0.25) is 0 Å². The first-order chi connectivity index (χ1) is 13.2. The van der Waals surface area contributed by atoms with Crippen LogP contribution in [-0.4, -0.2) is 60.8 Å². The average Bonchev–Trinajstić information content (AvgIpc) is 3.14. The monoisotopic (exact) mass is 519 g/mol. The number of rotatable bonds is 6. The van der Waals surface area contributed by atoms with Crippen molar-refractivity contribution in [1.29, 1.82) is 0 Å². The largest absolute Gasteiger partial charge is 0.375 e. The van der Waals surface area contributed by atoms with E-state index in [2.05, 4.69) is 52.8 Å². The molecular weight excluding hydrogens is 485 g/mol. The average molecular weight is 519 g/mol. The van der Waals surface area contributed by atoms with E-state index in [1.807, 2.05) is 18.0 Å². The van der Waals surface area contributed by atoms with Gasteiger partial charge in [0, 0.05) is 37.1 Å². The van der Waals surface area contributed by atoms with Crippen LogP contribution in [0.2, 0.25) is 0 Å². The van der Waals surface area contributed by atoms with Crippen molar-refractivity contribution in [3.05, 3.63) is 23.9 Å². The molecule has 1 saturated heterocycles. The summed E-state index contributed by atoms with van der Waals surface area (Å²) in [6.07, 6.45) is 8.10. The number of hydrogen-bond donors (Lipinski definition) is 2. The summed E-state index contributed by atoms with van der Waals surface area (Å²) in [6, 6.07) is 4.74. The van der Waals surface area contributed by atoms with E-state index in [9.17, 15) is 0 Å². The number of ether oxygens (including phenoxy) is 1. The number of halogens is 1. The van der Waals surface area contributed by atoms with Crippen molar-refractivity contribution in [2.45, 2.75) is 57.1 Å². The van der Waals surface area contributed by atoms with Gasteiger partial charge in [0.1, 0.15) is 5.82 Å². The van der Waals surface area contributed by atoms with Crippen LogP contribution in [0.5, 0.6) is 0 Å². The van der Waals surface area contributed by atoms with Crippen molar-refractivity contribution < 1.29 is 4.74 Å². The Morgan fingerprint density at radius 3 is 3.00 bits per heavy atom. The highest BCUT2D eigenvalue weighted by Crippen LogP contribution is 2.28. The predicted molar refractivity (Wildman–Crippen MR) is 130 cm³/mol. The van der Waals surface area contributed by atoms with E-state index >= 15 is 0 Å². The first-order valence-electron chi connectivity index (χ1n) is 10.1. The van der Waals surface area contributed by atoms with Gasteiger partial charge in [-0.1, -0.05) is 0 Å². The summed E-state index contributed by atoms with van der Waals surface area (Å²) in [6.45, 7) is 8.30. The molecule has 1 aliphatic carbocycles. The number of aliphatic imine (C=N–C) groups is 1. The van der Waals surface area contributed by atoms with Crippen molar-refractivity contribution in [3.63, 3.8) is 0 Å². The zero-order chi connectivity index (χ0) is 19.1. The van der Waals surface area contributed by atoms with E-state index in [0.717, 1.165) is 43.3 Å². The van der Waals surface area contributed by atoms with Gasteiger partial charge >= 0.3 is 0 Å². The van der Waals surface area contributed by atoms with E-state index < -0.39 is 0 Å². The molecule has 0 amide bonds. The van der Waals surface area contributed by atoms with Crippen molar-refractivity contribution in [2.24, 2.45) is 4.99 Å². The number of anilines is 1. The van der Waals surface area contributed by atoms with Gasteiger partial charge in [-0.05, 0) is 57.1 Å². The Hall–Kier alpha value is -0.740. The molecule has 1 aromatic heterocycles. The second-order valence-corrected chi connectivity index (χ2v) is 8.49. The normalized spacial score (nSPS) is 25.3. The molecule has 2 aliphatic rings. The van der Waals surface area contributed by atoms with Gasteiger partial charge in [0.15, 0.2) is 5.96 Å². The SMILES string of the molecule is CCNC(=NCc1ccnc(N2CCOC(C)C2)c1)NC1CCC(SC)C1.I. The van der Waals surface area contributed by atoms with Crippen LogP contribution in [0.3, 0.4) is 0 Å². The zero-order valence-corrected chi connectivity index (χ0v) is 20.3. The Balaban J connectivity index is 0.00000280. The molecule has 1 saturated carbocycles. The minimum Gasteiger partial charge on any atom is -0.375 e. The molecule has 6 nitrogen and oxygen atoms in total. The van der Waals surface area contributed by atoms with Crippen LogP contribution in [0.4, 0.5) is 5.82 Å². The Kier molecular flexibility index (Phi) is 10.1. The molecule has 1 aromatic rings. The molecule has 2 heterocycles. The Morgan fingerprint density at radius 1 is 1.43 bits per heavy atom. The van der Waals surface area contributed by atoms with Crippen LogP contribution in [-0.2, 0) is 11.3 Å².